The maximum atomic E-state index is 13.0. The first-order valence-corrected chi connectivity index (χ1v) is 22.4. The van der Waals surface area contributed by atoms with E-state index < -0.39 is 0 Å². The lowest BCUT2D eigenvalue weighted by Gasteiger charge is -2.22. The molecule has 0 aromatic heterocycles. The van der Waals surface area contributed by atoms with Crippen molar-refractivity contribution in [1.82, 2.24) is 9.80 Å². The largest absolute Gasteiger partial charge is 0.461 e. The molecule has 2 aromatic rings. The first kappa shape index (κ1) is 47.5. The second-order valence-electron chi connectivity index (χ2n) is 15.5. The topological polar surface area (TPSA) is 59.1 Å². The van der Waals surface area contributed by atoms with Crippen molar-refractivity contribution in [3.63, 3.8) is 0 Å². The van der Waals surface area contributed by atoms with Gasteiger partial charge in [0, 0.05) is 13.1 Å². The molecule has 0 saturated heterocycles. The van der Waals surface area contributed by atoms with Crippen LogP contribution in [0.15, 0.2) is 48.5 Å². The average molecular weight is 749 g/mol. The first-order valence-electron chi connectivity index (χ1n) is 22.4. The van der Waals surface area contributed by atoms with E-state index in [1.54, 1.807) is 0 Å². The van der Waals surface area contributed by atoms with Crippen molar-refractivity contribution in [2.45, 2.75) is 182 Å². The first-order chi connectivity index (χ1) is 26.5. The molecule has 0 fully saturated rings. The molecule has 0 heterocycles. The minimum atomic E-state index is -0.148. The fourth-order valence-corrected chi connectivity index (χ4v) is 7.20. The van der Waals surface area contributed by atoms with Crippen molar-refractivity contribution in [2.24, 2.45) is 0 Å². The van der Waals surface area contributed by atoms with E-state index in [1.807, 2.05) is 36.4 Å². The van der Waals surface area contributed by atoms with E-state index in [1.165, 1.54) is 128 Å². The summed E-state index contributed by atoms with van der Waals surface area (Å²) in [6.07, 6.45) is 26.1. The maximum absolute atomic E-state index is 13.0. The molecule has 0 N–H and O–H groups in total. The molecule has 2 rings (SSSR count). The monoisotopic (exact) mass is 749 g/mol. The Bertz CT molecular complexity index is 1100. The van der Waals surface area contributed by atoms with E-state index in [4.69, 9.17) is 9.47 Å². The molecule has 0 aliphatic rings. The number of ether oxygens (including phenoxy) is 2. The number of carbonyl (C=O) groups excluding carboxylic acids is 2. The van der Waals surface area contributed by atoms with Crippen LogP contribution >= 0.6 is 0 Å². The van der Waals surface area contributed by atoms with Gasteiger partial charge in [0.25, 0.3) is 0 Å². The van der Waals surface area contributed by atoms with Gasteiger partial charge in [0.1, 0.15) is 13.2 Å². The van der Waals surface area contributed by atoms with E-state index in [9.17, 15) is 9.59 Å². The second-order valence-corrected chi connectivity index (χ2v) is 15.5. The molecule has 0 radical (unpaired) electrons. The number of unbranched alkanes of at least 4 members (excludes halogenated alkanes) is 16. The van der Waals surface area contributed by atoms with Crippen LogP contribution in [0, 0.1) is 0 Å². The normalized spacial score (nSPS) is 11.4. The molecule has 0 spiro atoms. The van der Waals surface area contributed by atoms with Crippen LogP contribution in [0.25, 0.3) is 11.1 Å². The van der Waals surface area contributed by atoms with Gasteiger partial charge in [-0.1, -0.05) is 179 Å². The Hall–Kier alpha value is -2.70. The number of esters is 2. The van der Waals surface area contributed by atoms with Crippen LogP contribution in [0.2, 0.25) is 0 Å². The lowest BCUT2D eigenvalue weighted by Crippen LogP contribution is -2.29. The predicted octanol–water partition coefficient (Wildman–Crippen LogP) is 12.7. The van der Waals surface area contributed by atoms with Crippen LogP contribution in [0.4, 0.5) is 0 Å². The van der Waals surface area contributed by atoms with Crippen molar-refractivity contribution >= 4 is 11.9 Å². The molecule has 0 aliphatic carbocycles. The summed E-state index contributed by atoms with van der Waals surface area (Å²) in [5, 5.41) is 0. The predicted molar refractivity (Wildman–Crippen MR) is 229 cm³/mol. The molecule has 0 amide bonds. The summed E-state index contributed by atoms with van der Waals surface area (Å²) < 4.78 is 11.8. The third kappa shape index (κ3) is 22.6. The summed E-state index contributed by atoms with van der Waals surface area (Å²) in [4.78, 5) is 31.0. The van der Waals surface area contributed by atoms with E-state index in [0.717, 1.165) is 61.5 Å². The van der Waals surface area contributed by atoms with Crippen LogP contribution in [0.3, 0.4) is 0 Å². The van der Waals surface area contributed by atoms with Gasteiger partial charge in [0.05, 0.1) is 12.8 Å². The Morgan fingerprint density at radius 2 is 0.704 bits per heavy atom. The molecule has 306 valence electrons. The van der Waals surface area contributed by atoms with Gasteiger partial charge in [-0.3, -0.25) is 9.59 Å². The van der Waals surface area contributed by atoms with Gasteiger partial charge in [-0.15, -0.1) is 0 Å². The summed E-state index contributed by atoms with van der Waals surface area (Å²) in [6.45, 7) is 15.2. The highest BCUT2D eigenvalue weighted by molar-refractivity contribution is 5.73. The Morgan fingerprint density at radius 3 is 1.02 bits per heavy atom. The molecule has 6 heteroatoms. The Kier molecular flexibility index (Phi) is 28.6. The van der Waals surface area contributed by atoms with Crippen molar-refractivity contribution in [2.75, 3.05) is 39.3 Å². The standard InChI is InChI=1S/C48H80N2O4/c1-5-9-13-17-25-35-49(36-26-18-14-10-6-2)39-33-47(51)53-41-43-29-21-23-31-45(43)46-32-24-22-30-44(46)42-54-48(52)34-40-50(37-27-19-15-11-7-3)38-28-20-16-12-8-4/h21-24,29-32H,5-20,25-28,33-42H2,1-4H3. The number of nitrogens with zero attached hydrogens (tertiary/aromatic N) is 2. The SMILES string of the molecule is CCCCCCCN(CCCCCCC)CCC(=O)OCc1ccccc1-c1ccccc1COC(=O)CCN(CCCCCCC)CCCCCCC. The third-order valence-electron chi connectivity index (χ3n) is 10.7. The van der Waals surface area contributed by atoms with E-state index >= 15 is 0 Å². The van der Waals surface area contributed by atoms with E-state index in [-0.39, 0.29) is 25.2 Å². The van der Waals surface area contributed by atoms with Gasteiger partial charge >= 0.3 is 11.9 Å². The molecular weight excluding hydrogens is 669 g/mol. The van der Waals surface area contributed by atoms with Gasteiger partial charge in [0.15, 0.2) is 0 Å². The zero-order chi connectivity index (χ0) is 38.9. The summed E-state index contributed by atoms with van der Waals surface area (Å²) in [5.41, 5.74) is 3.94. The lowest BCUT2D eigenvalue weighted by molar-refractivity contribution is -0.146. The summed E-state index contributed by atoms with van der Waals surface area (Å²) in [7, 11) is 0. The van der Waals surface area contributed by atoms with Crippen molar-refractivity contribution < 1.29 is 19.1 Å². The molecule has 0 bridgehead atoms. The van der Waals surface area contributed by atoms with E-state index in [0.29, 0.717) is 12.8 Å². The molecule has 6 nitrogen and oxygen atoms in total. The molecular formula is C48H80N2O4. The number of benzene rings is 2. The smallest absolute Gasteiger partial charge is 0.307 e. The van der Waals surface area contributed by atoms with Gasteiger partial charge in [0.2, 0.25) is 0 Å². The fourth-order valence-electron chi connectivity index (χ4n) is 7.20. The fraction of sp³-hybridized carbons (Fsp3) is 0.708. The maximum Gasteiger partial charge on any atom is 0.307 e. The Morgan fingerprint density at radius 1 is 0.407 bits per heavy atom. The number of hydrogen-bond donors (Lipinski definition) is 0. The minimum Gasteiger partial charge on any atom is -0.461 e. The van der Waals surface area contributed by atoms with Crippen molar-refractivity contribution in [3.05, 3.63) is 59.7 Å². The zero-order valence-corrected chi connectivity index (χ0v) is 35.4. The Balaban J connectivity index is 1.93. The van der Waals surface area contributed by atoms with Crippen LogP contribution in [-0.4, -0.2) is 61.0 Å². The molecule has 2 aromatic carbocycles. The molecule has 0 saturated carbocycles. The van der Waals surface area contributed by atoms with E-state index in [2.05, 4.69) is 49.6 Å². The third-order valence-corrected chi connectivity index (χ3v) is 10.7. The van der Waals surface area contributed by atoms with Gasteiger partial charge in [-0.2, -0.15) is 0 Å². The highest BCUT2D eigenvalue weighted by atomic mass is 16.5. The molecule has 0 aliphatic heterocycles. The average Bonchev–Trinajstić information content (AvgIpc) is 3.19. The summed E-state index contributed by atoms with van der Waals surface area (Å²) in [6, 6.07) is 16.2. The highest BCUT2D eigenvalue weighted by Gasteiger charge is 2.15. The van der Waals surface area contributed by atoms with Crippen LogP contribution in [-0.2, 0) is 32.3 Å². The van der Waals surface area contributed by atoms with Crippen LogP contribution < -0.4 is 0 Å². The summed E-state index contributed by atoms with van der Waals surface area (Å²) >= 11 is 0. The second kappa shape index (κ2) is 32.5. The van der Waals surface area contributed by atoms with Crippen molar-refractivity contribution in [1.29, 1.82) is 0 Å². The Labute approximate surface area is 332 Å². The van der Waals surface area contributed by atoms with Crippen LogP contribution in [0.5, 0.6) is 0 Å². The van der Waals surface area contributed by atoms with Crippen molar-refractivity contribution in [3.8, 4) is 11.1 Å². The summed E-state index contributed by atoms with van der Waals surface area (Å²) in [5.74, 6) is -0.296. The van der Waals surface area contributed by atoms with Gasteiger partial charge in [-0.25, -0.2) is 0 Å². The highest BCUT2D eigenvalue weighted by Crippen LogP contribution is 2.28. The number of rotatable bonds is 35. The van der Waals surface area contributed by atoms with Gasteiger partial charge < -0.3 is 19.3 Å². The lowest BCUT2D eigenvalue weighted by atomic mass is 9.96. The van der Waals surface area contributed by atoms with Gasteiger partial charge in [-0.05, 0) is 74.1 Å². The minimum absolute atomic E-state index is 0.148. The molecule has 0 atom stereocenters. The number of carbonyl (C=O) groups is 2. The zero-order valence-electron chi connectivity index (χ0n) is 35.4. The number of hydrogen-bond acceptors (Lipinski definition) is 6. The molecule has 54 heavy (non-hydrogen) atoms. The van der Waals surface area contributed by atoms with Crippen LogP contribution in [0.1, 0.15) is 180 Å². The quantitative estimate of drug-likeness (QED) is 0.0517. The molecule has 0 unspecified atom stereocenters.